The normalized spacial score (nSPS) is 11.5. The first-order valence-corrected chi connectivity index (χ1v) is 8.13. The Morgan fingerprint density at radius 3 is 2.38 bits per heavy atom. The van der Waals surface area contributed by atoms with Crippen molar-refractivity contribution >= 4 is 34.6 Å². The van der Waals surface area contributed by atoms with Crippen molar-refractivity contribution in [3.8, 4) is 11.3 Å². The van der Waals surface area contributed by atoms with Gasteiger partial charge in [0.25, 0.3) is 0 Å². The lowest BCUT2D eigenvalue weighted by Crippen LogP contribution is -1.96. The molecule has 3 aromatic rings. The van der Waals surface area contributed by atoms with Crippen LogP contribution >= 0.6 is 23.2 Å². The lowest BCUT2D eigenvalue weighted by molar-refractivity contribution is 0.104. The van der Waals surface area contributed by atoms with Crippen molar-refractivity contribution in [2.24, 2.45) is 0 Å². The molecule has 0 aliphatic carbocycles. The highest BCUT2D eigenvalue weighted by molar-refractivity contribution is 6.34. The number of furan rings is 1. The van der Waals surface area contributed by atoms with E-state index in [1.807, 2.05) is 37.3 Å². The van der Waals surface area contributed by atoms with Gasteiger partial charge in [0.05, 0.1) is 16.3 Å². The van der Waals surface area contributed by atoms with Crippen LogP contribution in [0.3, 0.4) is 0 Å². The molecule has 1 aromatic heterocycles. The summed E-state index contributed by atoms with van der Waals surface area (Å²) in [6.07, 6.45) is 3.17. The zero-order valence-corrected chi connectivity index (χ0v) is 14.4. The molecule has 0 atom stereocenters. The largest absolute Gasteiger partial charge is 0.464 e. The fourth-order valence-electron chi connectivity index (χ4n) is 2.36. The molecule has 24 heavy (non-hydrogen) atoms. The highest BCUT2D eigenvalue weighted by Crippen LogP contribution is 2.31. The van der Waals surface area contributed by atoms with Crippen LogP contribution < -0.4 is 0 Å². The Bertz CT molecular complexity index is 923. The van der Waals surface area contributed by atoms with Crippen molar-refractivity contribution < 1.29 is 9.21 Å². The molecule has 2 aromatic carbocycles. The van der Waals surface area contributed by atoms with Crippen LogP contribution in [0.2, 0.25) is 10.0 Å². The van der Waals surface area contributed by atoms with E-state index in [4.69, 9.17) is 27.6 Å². The smallest absolute Gasteiger partial charge is 0.187 e. The highest BCUT2D eigenvalue weighted by Gasteiger charge is 2.11. The second kappa shape index (κ2) is 7.08. The molecule has 2 nitrogen and oxygen atoms in total. The van der Waals surface area contributed by atoms with Crippen LogP contribution in [0.15, 0.2) is 71.4 Å². The summed E-state index contributed by atoms with van der Waals surface area (Å²) in [5.74, 6) is 0.520. The minimum Gasteiger partial charge on any atom is -0.464 e. The second-order valence-electron chi connectivity index (χ2n) is 5.35. The van der Waals surface area contributed by atoms with Gasteiger partial charge in [-0.15, -0.1) is 0 Å². The van der Waals surface area contributed by atoms with E-state index in [9.17, 15) is 4.79 Å². The van der Waals surface area contributed by atoms with E-state index in [0.717, 1.165) is 16.7 Å². The standard InChI is InChI=1S/C20H14Cl2O2/c1-13(10-19(23)15-6-2-4-8-17(15)21)14-11-20(24-12-14)16-7-3-5-9-18(16)22/h2-12H,1H3/b13-10+. The molecule has 0 amide bonds. The molecule has 4 heteroatoms. The first kappa shape index (κ1) is 16.6. The van der Waals surface area contributed by atoms with Gasteiger partial charge >= 0.3 is 0 Å². The molecule has 0 fully saturated rings. The Labute approximate surface area is 150 Å². The number of hydrogen-bond acceptors (Lipinski definition) is 2. The summed E-state index contributed by atoms with van der Waals surface area (Å²) >= 11 is 12.3. The van der Waals surface area contributed by atoms with E-state index < -0.39 is 0 Å². The maximum Gasteiger partial charge on any atom is 0.187 e. The maximum absolute atomic E-state index is 12.4. The summed E-state index contributed by atoms with van der Waals surface area (Å²) in [5.41, 5.74) is 2.91. The van der Waals surface area contributed by atoms with Crippen molar-refractivity contribution in [1.29, 1.82) is 0 Å². The zero-order valence-electron chi connectivity index (χ0n) is 12.9. The molecule has 0 radical (unpaired) electrons. The summed E-state index contributed by atoms with van der Waals surface area (Å²) < 4.78 is 5.60. The lowest BCUT2D eigenvalue weighted by atomic mass is 10.0. The molecular weight excluding hydrogens is 343 g/mol. The van der Waals surface area contributed by atoms with Crippen LogP contribution in [0.25, 0.3) is 16.9 Å². The van der Waals surface area contributed by atoms with E-state index >= 15 is 0 Å². The molecule has 0 aliphatic rings. The Morgan fingerprint density at radius 1 is 1.00 bits per heavy atom. The van der Waals surface area contributed by atoms with Gasteiger partial charge in [0.2, 0.25) is 0 Å². The zero-order chi connectivity index (χ0) is 17.1. The fraction of sp³-hybridized carbons (Fsp3) is 0.0500. The molecule has 1 heterocycles. The van der Waals surface area contributed by atoms with Crippen LogP contribution in [0.5, 0.6) is 0 Å². The van der Waals surface area contributed by atoms with E-state index in [0.29, 0.717) is 21.4 Å². The number of hydrogen-bond donors (Lipinski definition) is 0. The Balaban J connectivity index is 1.89. The van der Waals surface area contributed by atoms with Gasteiger partial charge in [0.1, 0.15) is 5.76 Å². The molecule has 0 spiro atoms. The number of ketones is 1. The molecule has 0 aliphatic heterocycles. The molecule has 0 bridgehead atoms. The summed E-state index contributed by atoms with van der Waals surface area (Å²) in [5, 5.41) is 1.06. The van der Waals surface area contributed by atoms with Gasteiger partial charge < -0.3 is 4.42 Å². The minimum absolute atomic E-state index is 0.140. The van der Waals surface area contributed by atoms with Gasteiger partial charge in [-0.2, -0.15) is 0 Å². The third-order valence-electron chi connectivity index (χ3n) is 3.68. The third-order valence-corrected chi connectivity index (χ3v) is 4.34. The minimum atomic E-state index is -0.140. The van der Waals surface area contributed by atoms with Crippen molar-refractivity contribution in [3.05, 3.63) is 88.1 Å². The molecule has 0 saturated heterocycles. The van der Waals surface area contributed by atoms with Crippen molar-refractivity contribution in [3.63, 3.8) is 0 Å². The Hall–Kier alpha value is -2.29. The topological polar surface area (TPSA) is 30.2 Å². The van der Waals surface area contributed by atoms with Gasteiger partial charge in [-0.25, -0.2) is 0 Å². The quantitative estimate of drug-likeness (QED) is 0.392. The molecule has 120 valence electrons. The summed E-state index contributed by atoms with van der Waals surface area (Å²) in [4.78, 5) is 12.4. The van der Waals surface area contributed by atoms with Gasteiger partial charge in [0.15, 0.2) is 5.78 Å². The molecular formula is C20H14Cl2O2. The fourth-order valence-corrected chi connectivity index (χ4v) is 2.82. The van der Waals surface area contributed by atoms with E-state index in [-0.39, 0.29) is 5.78 Å². The monoisotopic (exact) mass is 356 g/mol. The first-order valence-electron chi connectivity index (χ1n) is 7.37. The average molecular weight is 357 g/mol. The number of rotatable bonds is 4. The molecule has 0 unspecified atom stereocenters. The van der Waals surface area contributed by atoms with Crippen molar-refractivity contribution in [2.45, 2.75) is 6.92 Å². The number of allylic oxidation sites excluding steroid dienone is 2. The SMILES string of the molecule is C/C(=C\C(=O)c1ccccc1Cl)c1coc(-c2ccccc2Cl)c1. The van der Waals surface area contributed by atoms with E-state index in [1.54, 1.807) is 36.6 Å². The van der Waals surface area contributed by atoms with Gasteiger partial charge in [0, 0.05) is 16.7 Å². The number of carbonyl (C=O) groups excluding carboxylic acids is 1. The summed E-state index contributed by atoms with van der Waals surface area (Å²) in [7, 11) is 0. The summed E-state index contributed by atoms with van der Waals surface area (Å²) in [6, 6.07) is 16.3. The van der Waals surface area contributed by atoms with Gasteiger partial charge in [-0.1, -0.05) is 47.5 Å². The highest BCUT2D eigenvalue weighted by atomic mass is 35.5. The predicted octanol–water partition coefficient (Wildman–Crippen LogP) is 6.54. The molecule has 0 N–H and O–H groups in total. The second-order valence-corrected chi connectivity index (χ2v) is 6.17. The maximum atomic E-state index is 12.4. The number of benzene rings is 2. The van der Waals surface area contributed by atoms with Crippen LogP contribution in [0.1, 0.15) is 22.8 Å². The van der Waals surface area contributed by atoms with E-state index in [1.165, 1.54) is 0 Å². The average Bonchev–Trinajstić information content (AvgIpc) is 3.05. The van der Waals surface area contributed by atoms with Crippen LogP contribution in [0, 0.1) is 0 Å². The molecule has 3 rings (SSSR count). The molecule has 0 saturated carbocycles. The van der Waals surface area contributed by atoms with Crippen LogP contribution in [0.4, 0.5) is 0 Å². The predicted molar refractivity (Wildman–Crippen MR) is 98.6 cm³/mol. The third kappa shape index (κ3) is 3.45. The van der Waals surface area contributed by atoms with E-state index in [2.05, 4.69) is 0 Å². The van der Waals surface area contributed by atoms with Crippen LogP contribution in [-0.4, -0.2) is 5.78 Å². The first-order chi connectivity index (χ1) is 11.6. The van der Waals surface area contributed by atoms with Gasteiger partial charge in [-0.05, 0) is 48.9 Å². The number of carbonyl (C=O) groups is 1. The van der Waals surface area contributed by atoms with Crippen molar-refractivity contribution in [1.82, 2.24) is 0 Å². The Morgan fingerprint density at radius 2 is 1.67 bits per heavy atom. The van der Waals surface area contributed by atoms with Crippen molar-refractivity contribution in [2.75, 3.05) is 0 Å². The number of halogens is 2. The lowest BCUT2D eigenvalue weighted by Gasteiger charge is -2.01. The Kier molecular flexibility index (Phi) is 4.89. The summed E-state index contributed by atoms with van der Waals surface area (Å²) in [6.45, 7) is 1.86. The van der Waals surface area contributed by atoms with Gasteiger partial charge in [-0.3, -0.25) is 4.79 Å². The van der Waals surface area contributed by atoms with Crippen LogP contribution in [-0.2, 0) is 0 Å².